The van der Waals surface area contributed by atoms with Crippen molar-refractivity contribution in [1.29, 1.82) is 0 Å². The molecule has 7 nitrogen and oxygen atoms in total. The first kappa shape index (κ1) is 22.1. The molecule has 0 unspecified atom stereocenters. The zero-order valence-electron chi connectivity index (χ0n) is 19.1. The minimum absolute atomic E-state index is 0.112. The number of hydrogen-bond acceptors (Lipinski definition) is 5. The van der Waals surface area contributed by atoms with Crippen LogP contribution in [0.1, 0.15) is 11.1 Å². The number of nitrogens with zero attached hydrogens (tertiary/aromatic N) is 5. The summed E-state index contributed by atoms with van der Waals surface area (Å²) in [6, 6.07) is 25.5. The second-order valence-corrected chi connectivity index (χ2v) is 8.64. The molecule has 5 aromatic rings. The first-order valence-corrected chi connectivity index (χ1v) is 11.4. The third kappa shape index (κ3) is 4.02. The van der Waals surface area contributed by atoms with Gasteiger partial charge in [0.25, 0.3) is 5.56 Å². The first-order chi connectivity index (χ1) is 16.6. The molecule has 34 heavy (non-hydrogen) atoms. The number of ether oxygens (including phenoxy) is 1. The van der Waals surface area contributed by atoms with Gasteiger partial charge in [-0.3, -0.25) is 18.7 Å². The van der Waals surface area contributed by atoms with E-state index >= 15 is 0 Å². The van der Waals surface area contributed by atoms with Gasteiger partial charge in [0.15, 0.2) is 0 Å². The lowest BCUT2D eigenvalue weighted by molar-refractivity contribution is 0.244. The third-order valence-corrected chi connectivity index (χ3v) is 6.27. The summed E-state index contributed by atoms with van der Waals surface area (Å²) in [5.41, 5.74) is 2.74. The maximum Gasteiger partial charge on any atom is 0.263 e. The van der Waals surface area contributed by atoms with Crippen LogP contribution in [0.3, 0.4) is 0 Å². The normalized spacial score (nSPS) is 11.5. The van der Waals surface area contributed by atoms with E-state index in [2.05, 4.69) is 17.0 Å². The Morgan fingerprint density at radius 2 is 1.68 bits per heavy atom. The minimum Gasteiger partial charge on any atom is -0.496 e. The lowest BCUT2D eigenvalue weighted by atomic mass is 10.2. The molecule has 0 radical (unpaired) electrons. The lowest BCUT2D eigenvalue weighted by Crippen LogP contribution is -2.24. The molecule has 172 valence electrons. The topological polar surface area (TPSA) is 56.7 Å². The quantitative estimate of drug-likeness (QED) is 0.331. The summed E-state index contributed by atoms with van der Waals surface area (Å²) in [6.45, 7) is 1.57. The summed E-state index contributed by atoms with van der Waals surface area (Å²) < 4.78 is 11.4. The fraction of sp³-hybridized carbons (Fsp3) is 0.192. The first-order valence-electron chi connectivity index (χ1n) is 11.0. The molecular formula is C26H25N5O2S. The van der Waals surface area contributed by atoms with Crippen LogP contribution in [-0.2, 0) is 19.8 Å². The molecule has 0 N–H and O–H groups in total. The van der Waals surface area contributed by atoms with Gasteiger partial charge < -0.3 is 4.74 Å². The average molecular weight is 472 g/mol. The molecule has 5 rings (SSSR count). The van der Waals surface area contributed by atoms with Gasteiger partial charge in [-0.25, -0.2) is 4.68 Å². The Morgan fingerprint density at radius 1 is 0.971 bits per heavy atom. The molecule has 0 fully saturated rings. The largest absolute Gasteiger partial charge is 0.496 e. The van der Waals surface area contributed by atoms with Crippen molar-refractivity contribution in [3.8, 4) is 5.75 Å². The summed E-state index contributed by atoms with van der Waals surface area (Å²) in [5.74, 6) is 1.23. The average Bonchev–Trinajstić information content (AvgIpc) is 3.18. The molecule has 2 aromatic heterocycles. The predicted molar refractivity (Wildman–Crippen MR) is 136 cm³/mol. The number of rotatable bonds is 7. The van der Waals surface area contributed by atoms with Crippen molar-refractivity contribution in [2.75, 3.05) is 14.2 Å². The fourth-order valence-corrected chi connectivity index (χ4v) is 4.56. The molecule has 0 aliphatic heterocycles. The van der Waals surface area contributed by atoms with Gasteiger partial charge in [-0.2, -0.15) is 0 Å². The molecule has 0 saturated heterocycles. The highest BCUT2D eigenvalue weighted by atomic mass is 32.1. The van der Waals surface area contributed by atoms with E-state index in [0.29, 0.717) is 29.1 Å². The summed E-state index contributed by atoms with van der Waals surface area (Å²) in [4.78, 5) is 15.7. The Balaban J connectivity index is 1.64. The van der Waals surface area contributed by atoms with Crippen molar-refractivity contribution >= 4 is 28.9 Å². The molecule has 0 atom stereocenters. The van der Waals surface area contributed by atoms with Gasteiger partial charge in [0.05, 0.1) is 31.2 Å². The van der Waals surface area contributed by atoms with Crippen molar-refractivity contribution in [3.05, 3.63) is 105 Å². The highest BCUT2D eigenvalue weighted by molar-refractivity contribution is 7.71. The Hall–Kier alpha value is -3.75. The van der Waals surface area contributed by atoms with Gasteiger partial charge in [-0.15, -0.1) is 5.10 Å². The van der Waals surface area contributed by atoms with Gasteiger partial charge in [-0.1, -0.05) is 60.7 Å². The van der Waals surface area contributed by atoms with E-state index in [0.717, 1.165) is 23.4 Å². The Kier molecular flexibility index (Phi) is 6.00. The van der Waals surface area contributed by atoms with E-state index in [4.69, 9.17) is 22.1 Å². The van der Waals surface area contributed by atoms with Gasteiger partial charge in [0.1, 0.15) is 5.75 Å². The van der Waals surface area contributed by atoms with Gasteiger partial charge in [0.2, 0.25) is 10.5 Å². The van der Waals surface area contributed by atoms with Crippen LogP contribution in [0.15, 0.2) is 83.7 Å². The molecule has 0 saturated carbocycles. The van der Waals surface area contributed by atoms with Crippen LogP contribution in [-0.4, -0.2) is 37.8 Å². The summed E-state index contributed by atoms with van der Waals surface area (Å²) in [7, 11) is 3.66. The summed E-state index contributed by atoms with van der Waals surface area (Å²) in [5, 5.41) is 5.41. The summed E-state index contributed by atoms with van der Waals surface area (Å²) >= 11 is 5.85. The highest BCUT2D eigenvalue weighted by Crippen LogP contribution is 2.21. The number of benzene rings is 3. The molecule has 2 heterocycles. The standard InChI is InChI=1S/C26H25N5O2S/c1-28(16-19-10-4-3-5-11-19)18-30-26(34)31-22-14-8-7-13-21(22)24(32)29(25(31)27-30)17-20-12-6-9-15-23(20)33-2/h3-15H,16-18H2,1-2H3. The van der Waals surface area contributed by atoms with Crippen molar-refractivity contribution < 1.29 is 4.74 Å². The van der Waals surface area contributed by atoms with E-state index in [1.165, 1.54) is 5.56 Å². The molecular weight excluding hydrogens is 446 g/mol. The van der Waals surface area contributed by atoms with E-state index in [9.17, 15) is 4.79 Å². The zero-order valence-corrected chi connectivity index (χ0v) is 19.9. The van der Waals surface area contributed by atoms with Crippen LogP contribution >= 0.6 is 12.2 Å². The molecule has 3 aromatic carbocycles. The number of methoxy groups -OCH3 is 1. The minimum atomic E-state index is -0.112. The van der Waals surface area contributed by atoms with Gasteiger partial charge >= 0.3 is 0 Å². The number of fused-ring (bicyclic) bond motifs is 3. The smallest absolute Gasteiger partial charge is 0.263 e. The van der Waals surface area contributed by atoms with E-state index < -0.39 is 0 Å². The monoisotopic (exact) mass is 471 g/mol. The number of aromatic nitrogens is 4. The molecule has 0 aliphatic carbocycles. The van der Waals surface area contributed by atoms with Gasteiger partial charge in [0, 0.05) is 12.1 Å². The van der Waals surface area contributed by atoms with Crippen LogP contribution < -0.4 is 10.3 Å². The van der Waals surface area contributed by atoms with E-state index in [1.807, 2.05) is 78.2 Å². The van der Waals surface area contributed by atoms with Crippen molar-refractivity contribution in [1.82, 2.24) is 23.6 Å². The van der Waals surface area contributed by atoms with Crippen molar-refractivity contribution in [3.63, 3.8) is 0 Å². The maximum absolute atomic E-state index is 13.5. The van der Waals surface area contributed by atoms with Gasteiger partial charge in [-0.05, 0) is 43.0 Å². The SMILES string of the molecule is COc1ccccc1Cn1c(=O)c2ccccc2n2c(=S)n(CN(C)Cc3ccccc3)nc12. The Bertz CT molecular complexity index is 1590. The second kappa shape index (κ2) is 9.24. The van der Waals surface area contributed by atoms with E-state index in [1.54, 1.807) is 16.4 Å². The Morgan fingerprint density at radius 3 is 2.47 bits per heavy atom. The van der Waals surface area contributed by atoms with Crippen molar-refractivity contribution in [2.45, 2.75) is 19.8 Å². The van der Waals surface area contributed by atoms with Crippen LogP contribution in [0.4, 0.5) is 0 Å². The maximum atomic E-state index is 13.5. The van der Waals surface area contributed by atoms with Crippen LogP contribution in [0.25, 0.3) is 16.7 Å². The molecule has 8 heteroatoms. The fourth-order valence-electron chi connectivity index (χ4n) is 4.28. The van der Waals surface area contributed by atoms with Crippen LogP contribution in [0.2, 0.25) is 0 Å². The molecule has 0 bridgehead atoms. The van der Waals surface area contributed by atoms with Crippen LogP contribution in [0, 0.1) is 4.77 Å². The number of para-hydroxylation sites is 2. The van der Waals surface area contributed by atoms with Crippen molar-refractivity contribution in [2.24, 2.45) is 0 Å². The molecule has 0 spiro atoms. The second-order valence-electron chi connectivity index (χ2n) is 8.28. The molecule has 0 amide bonds. The summed E-state index contributed by atoms with van der Waals surface area (Å²) in [6.07, 6.45) is 0. The predicted octanol–water partition coefficient (Wildman–Crippen LogP) is 4.33. The highest BCUT2D eigenvalue weighted by Gasteiger charge is 2.17. The Labute approximate surface area is 202 Å². The van der Waals surface area contributed by atoms with E-state index in [-0.39, 0.29) is 5.56 Å². The third-order valence-electron chi connectivity index (χ3n) is 5.88. The zero-order chi connectivity index (χ0) is 23.7. The number of hydrogen-bond donors (Lipinski definition) is 0. The lowest BCUT2D eigenvalue weighted by Gasteiger charge is -2.16. The molecule has 0 aliphatic rings. The van der Waals surface area contributed by atoms with Crippen LogP contribution in [0.5, 0.6) is 5.75 Å².